The lowest BCUT2D eigenvalue weighted by atomic mass is 10.0. The summed E-state index contributed by atoms with van der Waals surface area (Å²) in [6.45, 7) is 0. The van der Waals surface area contributed by atoms with Crippen LogP contribution < -0.4 is 19.5 Å². The van der Waals surface area contributed by atoms with Gasteiger partial charge in [0, 0.05) is 0 Å². The molecular formula is C18H18N4O3S. The van der Waals surface area contributed by atoms with Gasteiger partial charge in [-0.25, -0.2) is 4.68 Å². The summed E-state index contributed by atoms with van der Waals surface area (Å²) in [5.74, 6) is 2.46. The fourth-order valence-electron chi connectivity index (χ4n) is 3.02. The number of hydrogen-bond donors (Lipinski definition) is 1. The van der Waals surface area contributed by atoms with Gasteiger partial charge in [-0.1, -0.05) is 6.07 Å². The zero-order valence-corrected chi connectivity index (χ0v) is 15.4. The maximum atomic E-state index is 5.49. The Bertz CT molecular complexity index is 924. The summed E-state index contributed by atoms with van der Waals surface area (Å²) in [6.07, 6.45) is 3.66. The van der Waals surface area contributed by atoms with E-state index >= 15 is 0 Å². The average Bonchev–Trinajstić information content (AvgIpc) is 3.37. The molecule has 134 valence electrons. The number of ether oxygens (including phenoxy) is 3. The van der Waals surface area contributed by atoms with E-state index in [2.05, 4.69) is 27.5 Å². The van der Waals surface area contributed by atoms with Gasteiger partial charge in [0.05, 0.1) is 31.9 Å². The maximum Gasteiger partial charge on any atom is 0.226 e. The molecule has 0 saturated heterocycles. The molecule has 0 fully saturated rings. The van der Waals surface area contributed by atoms with E-state index in [-0.39, 0.29) is 6.04 Å². The second-order valence-electron chi connectivity index (χ2n) is 5.61. The molecule has 3 aromatic rings. The van der Waals surface area contributed by atoms with Crippen molar-refractivity contribution in [2.75, 3.05) is 26.6 Å². The van der Waals surface area contributed by atoms with E-state index in [1.807, 2.05) is 28.3 Å². The number of hydrogen-bond acceptors (Lipinski definition) is 7. The first-order chi connectivity index (χ1) is 12.7. The number of fused-ring (bicyclic) bond motifs is 1. The Balaban J connectivity index is 1.86. The van der Waals surface area contributed by atoms with Crippen LogP contribution in [0.15, 0.2) is 42.0 Å². The largest absolute Gasteiger partial charge is 0.493 e. The van der Waals surface area contributed by atoms with Gasteiger partial charge in [-0.05, 0) is 35.2 Å². The Labute approximate surface area is 154 Å². The average molecular weight is 370 g/mol. The predicted octanol–water partition coefficient (Wildman–Crippen LogP) is 3.42. The molecule has 26 heavy (non-hydrogen) atoms. The summed E-state index contributed by atoms with van der Waals surface area (Å²) in [5.41, 5.74) is 1.96. The number of anilines is 1. The zero-order chi connectivity index (χ0) is 18.1. The van der Waals surface area contributed by atoms with Gasteiger partial charge < -0.3 is 19.5 Å². The Hall–Kier alpha value is -3.00. The van der Waals surface area contributed by atoms with Gasteiger partial charge in [0.15, 0.2) is 11.5 Å². The van der Waals surface area contributed by atoms with Crippen molar-refractivity contribution in [2.24, 2.45) is 0 Å². The molecule has 0 saturated carbocycles. The van der Waals surface area contributed by atoms with Crippen LogP contribution in [-0.2, 0) is 0 Å². The standard InChI is InChI=1S/C18H18N4O3S/c1-23-14-7-11(8-15(24-2)17(14)25-3)13-9-12(16-5-4-6-26-16)21-18-19-10-20-22(13)18/h4-10,13H,1-3H3,(H,19,20,21). The molecule has 1 N–H and O–H groups in total. The van der Waals surface area contributed by atoms with Crippen LogP contribution in [0, 0.1) is 0 Å². The molecule has 1 aliphatic rings. The summed E-state index contributed by atoms with van der Waals surface area (Å²) in [7, 11) is 4.81. The molecular weight excluding hydrogens is 352 g/mol. The van der Waals surface area contributed by atoms with Crippen molar-refractivity contribution in [3.63, 3.8) is 0 Å². The molecule has 1 aliphatic heterocycles. The van der Waals surface area contributed by atoms with Gasteiger partial charge in [0.2, 0.25) is 11.7 Å². The second kappa shape index (κ2) is 6.72. The number of allylic oxidation sites excluding steroid dienone is 1. The van der Waals surface area contributed by atoms with Gasteiger partial charge in [-0.2, -0.15) is 10.1 Å². The quantitative estimate of drug-likeness (QED) is 0.742. The maximum absolute atomic E-state index is 5.49. The molecule has 0 bridgehead atoms. The number of nitrogens with zero attached hydrogens (tertiary/aromatic N) is 3. The lowest BCUT2D eigenvalue weighted by molar-refractivity contribution is 0.323. The molecule has 0 aliphatic carbocycles. The third-order valence-corrected chi connectivity index (χ3v) is 5.13. The number of nitrogens with one attached hydrogen (secondary N) is 1. The highest BCUT2D eigenvalue weighted by Crippen LogP contribution is 2.42. The third-order valence-electron chi connectivity index (χ3n) is 4.22. The smallest absolute Gasteiger partial charge is 0.226 e. The number of rotatable bonds is 5. The van der Waals surface area contributed by atoms with Gasteiger partial charge in [-0.15, -0.1) is 11.3 Å². The van der Waals surface area contributed by atoms with Crippen molar-refractivity contribution in [1.29, 1.82) is 0 Å². The highest BCUT2D eigenvalue weighted by atomic mass is 32.1. The van der Waals surface area contributed by atoms with Crippen LogP contribution in [0.2, 0.25) is 0 Å². The monoisotopic (exact) mass is 370 g/mol. The van der Waals surface area contributed by atoms with E-state index in [9.17, 15) is 0 Å². The van der Waals surface area contributed by atoms with E-state index < -0.39 is 0 Å². The first-order valence-electron chi connectivity index (χ1n) is 7.97. The lowest BCUT2D eigenvalue weighted by Crippen LogP contribution is -2.20. The first kappa shape index (κ1) is 16.5. The Kier molecular flexibility index (Phi) is 4.26. The molecule has 4 rings (SSSR count). The fourth-order valence-corrected chi connectivity index (χ4v) is 3.73. The van der Waals surface area contributed by atoms with E-state index in [1.165, 1.54) is 0 Å². The first-order valence-corrected chi connectivity index (χ1v) is 8.85. The van der Waals surface area contributed by atoms with E-state index in [4.69, 9.17) is 14.2 Å². The van der Waals surface area contributed by atoms with Crippen LogP contribution >= 0.6 is 11.3 Å². The number of aromatic nitrogens is 3. The molecule has 0 spiro atoms. The highest BCUT2D eigenvalue weighted by molar-refractivity contribution is 7.11. The Morgan fingerprint density at radius 1 is 1.12 bits per heavy atom. The van der Waals surface area contributed by atoms with Gasteiger partial charge in [0.25, 0.3) is 0 Å². The zero-order valence-electron chi connectivity index (χ0n) is 14.6. The number of thiophene rings is 1. The molecule has 0 radical (unpaired) electrons. The third kappa shape index (κ3) is 2.68. The van der Waals surface area contributed by atoms with Crippen LogP contribution in [0.3, 0.4) is 0 Å². The van der Waals surface area contributed by atoms with Crippen molar-refractivity contribution in [2.45, 2.75) is 6.04 Å². The van der Waals surface area contributed by atoms with Crippen molar-refractivity contribution in [1.82, 2.24) is 14.8 Å². The molecule has 2 aromatic heterocycles. The van der Waals surface area contributed by atoms with Gasteiger partial charge in [0.1, 0.15) is 12.4 Å². The minimum absolute atomic E-state index is 0.153. The Morgan fingerprint density at radius 3 is 2.50 bits per heavy atom. The molecule has 8 heteroatoms. The van der Waals surface area contributed by atoms with Crippen molar-refractivity contribution >= 4 is 23.0 Å². The topological polar surface area (TPSA) is 70.4 Å². The molecule has 1 atom stereocenters. The Morgan fingerprint density at radius 2 is 1.88 bits per heavy atom. The highest BCUT2D eigenvalue weighted by Gasteiger charge is 2.26. The predicted molar refractivity (Wildman–Crippen MR) is 100 cm³/mol. The van der Waals surface area contributed by atoms with Crippen molar-refractivity contribution in [3.05, 3.63) is 52.5 Å². The SMILES string of the molecule is COc1cc(C2C=C(c3cccs3)Nc3ncnn32)cc(OC)c1OC. The van der Waals surface area contributed by atoms with E-state index in [1.54, 1.807) is 39.0 Å². The summed E-state index contributed by atoms with van der Waals surface area (Å²) in [5, 5.41) is 9.75. The molecule has 7 nitrogen and oxygen atoms in total. The van der Waals surface area contributed by atoms with E-state index in [0.717, 1.165) is 16.1 Å². The lowest BCUT2D eigenvalue weighted by Gasteiger charge is -2.25. The summed E-state index contributed by atoms with van der Waals surface area (Å²) >= 11 is 1.67. The minimum Gasteiger partial charge on any atom is -0.493 e. The molecule has 1 unspecified atom stereocenters. The normalized spacial score (nSPS) is 15.7. The molecule has 3 heterocycles. The number of methoxy groups -OCH3 is 3. The molecule has 1 aromatic carbocycles. The fraction of sp³-hybridized carbons (Fsp3) is 0.222. The van der Waals surface area contributed by atoms with Crippen molar-refractivity contribution < 1.29 is 14.2 Å². The molecule has 0 amide bonds. The van der Waals surface area contributed by atoms with Crippen LogP contribution in [-0.4, -0.2) is 36.1 Å². The number of benzene rings is 1. The summed E-state index contributed by atoms with van der Waals surface area (Å²) < 4.78 is 18.2. The van der Waals surface area contributed by atoms with Crippen LogP contribution in [0.1, 0.15) is 16.5 Å². The van der Waals surface area contributed by atoms with Crippen LogP contribution in [0.25, 0.3) is 5.70 Å². The van der Waals surface area contributed by atoms with Crippen LogP contribution in [0.4, 0.5) is 5.95 Å². The van der Waals surface area contributed by atoms with Crippen molar-refractivity contribution in [3.8, 4) is 17.2 Å². The van der Waals surface area contributed by atoms with Crippen LogP contribution in [0.5, 0.6) is 17.2 Å². The second-order valence-corrected chi connectivity index (χ2v) is 6.56. The summed E-state index contributed by atoms with van der Waals surface area (Å²) in [4.78, 5) is 5.46. The van der Waals surface area contributed by atoms with Gasteiger partial charge in [-0.3, -0.25) is 0 Å². The minimum atomic E-state index is -0.153. The van der Waals surface area contributed by atoms with Gasteiger partial charge >= 0.3 is 0 Å². The van der Waals surface area contributed by atoms with E-state index in [0.29, 0.717) is 23.2 Å². The summed E-state index contributed by atoms with van der Waals surface area (Å²) in [6, 6.07) is 7.81.